The van der Waals surface area contributed by atoms with Crippen molar-refractivity contribution >= 4 is 11.9 Å². The van der Waals surface area contributed by atoms with E-state index in [1.807, 2.05) is 12.1 Å². The summed E-state index contributed by atoms with van der Waals surface area (Å²) in [5.41, 5.74) is 2.70. The Hall–Kier alpha value is -3.29. The van der Waals surface area contributed by atoms with Crippen LogP contribution in [0.15, 0.2) is 36.4 Å². The van der Waals surface area contributed by atoms with E-state index in [1.165, 1.54) is 12.1 Å². The Morgan fingerprint density at radius 3 is 2.30 bits per heavy atom. The molecule has 0 aliphatic carbocycles. The average molecular weight is 456 g/mol. The predicted octanol–water partition coefficient (Wildman–Crippen LogP) is 3.51. The third kappa shape index (κ3) is 4.60. The highest BCUT2D eigenvalue weighted by molar-refractivity contribution is 5.87. The Kier molecular flexibility index (Phi) is 6.72. The van der Waals surface area contributed by atoms with Crippen molar-refractivity contribution in [3.8, 4) is 11.5 Å². The first-order valence-electron chi connectivity index (χ1n) is 11.3. The number of carbonyl (C=O) groups is 2. The van der Waals surface area contributed by atoms with Crippen LogP contribution in [0.1, 0.15) is 42.5 Å². The Labute approximate surface area is 193 Å². The van der Waals surface area contributed by atoms with E-state index in [9.17, 15) is 14.0 Å². The van der Waals surface area contributed by atoms with Gasteiger partial charge in [-0.25, -0.2) is 9.18 Å². The molecular weight excluding hydrogens is 425 g/mol. The Bertz CT molecular complexity index is 1020. The fraction of sp³-hybridized carbons (Fsp3) is 0.440. The molecule has 0 unspecified atom stereocenters. The number of benzene rings is 2. The molecule has 8 heteroatoms. The Morgan fingerprint density at radius 1 is 1.03 bits per heavy atom. The first-order valence-corrected chi connectivity index (χ1v) is 11.3. The molecule has 1 saturated heterocycles. The standard InChI is InChI=1S/C25H30FN3O4/c1-16(24(30)28-11-4-5-12-28)27-25(31)29-13-10-18-14-21(32-2)22(33-3)15-20(18)23(29)17-6-8-19(26)9-7-17/h6-9,14-16,23H,4-5,10-13H2,1-3H3,(H,27,31)/t16-,23-/m1/s1. The lowest BCUT2D eigenvalue weighted by molar-refractivity contribution is -0.131. The molecule has 2 aromatic rings. The van der Waals surface area contributed by atoms with Gasteiger partial charge in [0.05, 0.1) is 20.3 Å². The summed E-state index contributed by atoms with van der Waals surface area (Å²) in [6, 6.07) is 8.54. The summed E-state index contributed by atoms with van der Waals surface area (Å²) in [5.74, 6) is 0.769. The molecule has 7 nitrogen and oxygen atoms in total. The maximum atomic E-state index is 13.7. The van der Waals surface area contributed by atoms with Gasteiger partial charge in [-0.05, 0) is 67.1 Å². The van der Waals surface area contributed by atoms with Crippen molar-refractivity contribution in [1.29, 1.82) is 0 Å². The van der Waals surface area contributed by atoms with Crippen LogP contribution < -0.4 is 14.8 Å². The molecule has 0 radical (unpaired) electrons. The van der Waals surface area contributed by atoms with Crippen molar-refractivity contribution in [2.75, 3.05) is 33.9 Å². The molecule has 1 N–H and O–H groups in total. The number of amides is 3. The van der Waals surface area contributed by atoms with Gasteiger partial charge in [0.15, 0.2) is 11.5 Å². The van der Waals surface area contributed by atoms with E-state index in [0.717, 1.165) is 42.6 Å². The monoisotopic (exact) mass is 455 g/mol. The summed E-state index contributed by atoms with van der Waals surface area (Å²) < 4.78 is 24.6. The minimum absolute atomic E-state index is 0.0667. The first-order chi connectivity index (χ1) is 15.9. The second kappa shape index (κ2) is 9.68. The zero-order valence-corrected chi connectivity index (χ0v) is 19.3. The number of likely N-dealkylation sites (tertiary alicyclic amines) is 1. The molecule has 1 fully saturated rings. The molecule has 33 heavy (non-hydrogen) atoms. The zero-order chi connectivity index (χ0) is 23.5. The summed E-state index contributed by atoms with van der Waals surface area (Å²) in [7, 11) is 3.15. The fourth-order valence-corrected chi connectivity index (χ4v) is 4.71. The second-order valence-electron chi connectivity index (χ2n) is 8.51. The van der Waals surface area contributed by atoms with Crippen LogP contribution >= 0.6 is 0 Å². The largest absolute Gasteiger partial charge is 0.493 e. The number of ether oxygens (including phenoxy) is 2. The number of rotatable bonds is 5. The summed E-state index contributed by atoms with van der Waals surface area (Å²) in [6.07, 6.45) is 2.61. The van der Waals surface area contributed by atoms with Gasteiger partial charge in [-0.3, -0.25) is 4.79 Å². The van der Waals surface area contributed by atoms with Crippen LogP contribution in [-0.2, 0) is 11.2 Å². The van der Waals surface area contributed by atoms with Crippen LogP contribution in [0.25, 0.3) is 0 Å². The minimum atomic E-state index is -0.628. The fourth-order valence-electron chi connectivity index (χ4n) is 4.71. The van der Waals surface area contributed by atoms with Crippen molar-refractivity contribution in [3.05, 3.63) is 58.9 Å². The van der Waals surface area contributed by atoms with E-state index in [-0.39, 0.29) is 17.8 Å². The lowest BCUT2D eigenvalue weighted by atomic mass is 9.88. The molecule has 176 valence electrons. The van der Waals surface area contributed by atoms with Gasteiger partial charge in [0.1, 0.15) is 11.9 Å². The molecule has 0 aromatic heterocycles. The summed E-state index contributed by atoms with van der Waals surface area (Å²) in [6.45, 7) is 3.63. The molecule has 0 bridgehead atoms. The Balaban J connectivity index is 1.66. The highest BCUT2D eigenvalue weighted by atomic mass is 19.1. The summed E-state index contributed by atoms with van der Waals surface area (Å²) in [4.78, 5) is 29.6. The van der Waals surface area contributed by atoms with Gasteiger partial charge in [-0.1, -0.05) is 12.1 Å². The van der Waals surface area contributed by atoms with Gasteiger partial charge in [-0.15, -0.1) is 0 Å². The summed E-state index contributed by atoms with van der Waals surface area (Å²) in [5, 5.41) is 2.89. The van der Waals surface area contributed by atoms with Gasteiger partial charge in [0.25, 0.3) is 0 Å². The lowest BCUT2D eigenvalue weighted by Gasteiger charge is -2.38. The van der Waals surface area contributed by atoms with Crippen LogP contribution in [0.2, 0.25) is 0 Å². The quantitative estimate of drug-likeness (QED) is 0.749. The molecule has 4 rings (SSSR count). The van der Waals surface area contributed by atoms with E-state index in [2.05, 4.69) is 5.32 Å². The number of halogens is 1. The maximum absolute atomic E-state index is 13.7. The average Bonchev–Trinajstić information content (AvgIpc) is 3.37. The highest BCUT2D eigenvalue weighted by Gasteiger charge is 2.35. The van der Waals surface area contributed by atoms with Gasteiger partial charge in [0, 0.05) is 19.6 Å². The number of urea groups is 1. The van der Waals surface area contributed by atoms with Crippen molar-refractivity contribution in [2.24, 2.45) is 0 Å². The summed E-state index contributed by atoms with van der Waals surface area (Å²) >= 11 is 0. The lowest BCUT2D eigenvalue weighted by Crippen LogP contribution is -2.52. The molecule has 2 aliphatic heterocycles. The number of carbonyl (C=O) groups excluding carboxylic acids is 2. The van der Waals surface area contributed by atoms with Gasteiger partial charge < -0.3 is 24.6 Å². The van der Waals surface area contributed by atoms with Crippen molar-refractivity contribution in [2.45, 2.75) is 38.3 Å². The smallest absolute Gasteiger partial charge is 0.318 e. The van der Waals surface area contributed by atoms with Crippen LogP contribution in [0.3, 0.4) is 0 Å². The van der Waals surface area contributed by atoms with Crippen molar-refractivity contribution in [3.63, 3.8) is 0 Å². The van der Waals surface area contributed by atoms with Crippen molar-refractivity contribution < 1.29 is 23.5 Å². The normalized spacial score (nSPS) is 18.5. The number of fused-ring (bicyclic) bond motifs is 1. The topological polar surface area (TPSA) is 71.1 Å². The number of hydrogen-bond acceptors (Lipinski definition) is 4. The molecule has 2 heterocycles. The molecule has 2 aromatic carbocycles. The van der Waals surface area contributed by atoms with Gasteiger partial charge in [-0.2, -0.15) is 0 Å². The third-order valence-corrected chi connectivity index (χ3v) is 6.45. The van der Waals surface area contributed by atoms with Crippen LogP contribution in [0, 0.1) is 5.82 Å². The molecule has 0 saturated carbocycles. The van der Waals surface area contributed by atoms with E-state index in [4.69, 9.17) is 9.47 Å². The number of hydrogen-bond donors (Lipinski definition) is 1. The zero-order valence-electron chi connectivity index (χ0n) is 19.3. The number of nitrogens with one attached hydrogen (secondary N) is 1. The highest BCUT2D eigenvalue weighted by Crippen LogP contribution is 2.41. The van der Waals surface area contributed by atoms with Crippen LogP contribution in [0.4, 0.5) is 9.18 Å². The van der Waals surface area contributed by atoms with Gasteiger partial charge in [0.2, 0.25) is 5.91 Å². The van der Waals surface area contributed by atoms with Crippen LogP contribution in [-0.4, -0.2) is 61.6 Å². The Morgan fingerprint density at radius 2 is 1.67 bits per heavy atom. The molecule has 0 spiro atoms. The van der Waals surface area contributed by atoms with Gasteiger partial charge >= 0.3 is 6.03 Å². The van der Waals surface area contributed by atoms with E-state index in [1.54, 1.807) is 43.1 Å². The van der Waals surface area contributed by atoms with Crippen molar-refractivity contribution in [1.82, 2.24) is 15.1 Å². The van der Waals surface area contributed by atoms with E-state index >= 15 is 0 Å². The molecule has 2 aliphatic rings. The SMILES string of the molecule is COc1cc2c(cc1OC)[C@@H](c1ccc(F)cc1)N(C(=O)N[C@H](C)C(=O)N1CCCC1)CC2. The molecular formula is C25H30FN3O4. The minimum Gasteiger partial charge on any atom is -0.493 e. The number of nitrogens with zero attached hydrogens (tertiary/aromatic N) is 2. The third-order valence-electron chi connectivity index (χ3n) is 6.45. The predicted molar refractivity (Wildman–Crippen MR) is 122 cm³/mol. The van der Waals surface area contributed by atoms with E-state index in [0.29, 0.717) is 24.5 Å². The maximum Gasteiger partial charge on any atom is 0.318 e. The second-order valence-corrected chi connectivity index (χ2v) is 8.51. The molecule has 3 amide bonds. The molecule has 2 atom stereocenters. The van der Waals surface area contributed by atoms with Crippen LogP contribution in [0.5, 0.6) is 11.5 Å². The number of methoxy groups -OCH3 is 2. The van der Waals surface area contributed by atoms with E-state index < -0.39 is 12.1 Å². The first kappa shape index (κ1) is 22.9.